The van der Waals surface area contributed by atoms with E-state index in [9.17, 15) is 0 Å². The van der Waals surface area contributed by atoms with Gasteiger partial charge in [-0.15, -0.1) is 0 Å². The molecule has 22 heteroatoms. The summed E-state index contributed by atoms with van der Waals surface area (Å²) in [5.41, 5.74) is 24.3. The van der Waals surface area contributed by atoms with E-state index < -0.39 is 10.2 Å². The molecule has 4 aromatic rings. The molecule has 0 spiro atoms. The van der Waals surface area contributed by atoms with Crippen molar-refractivity contribution in [3.8, 4) is 22.5 Å². The molecule has 0 bridgehead atoms. The summed E-state index contributed by atoms with van der Waals surface area (Å²) < 4.78 is 0. The quantitative estimate of drug-likeness (QED) is 0.181. The molecule has 2 aromatic heterocycles. The monoisotopic (exact) mass is 636 g/mol. The van der Waals surface area contributed by atoms with Crippen molar-refractivity contribution in [2.45, 2.75) is 0 Å². The molecule has 2 aromatic carbocycles. The third kappa shape index (κ3) is 10.5. The van der Waals surface area contributed by atoms with Gasteiger partial charge in [-0.05, 0) is 12.1 Å². The Labute approximate surface area is 242 Å². The van der Waals surface area contributed by atoms with Gasteiger partial charge in [0, 0.05) is 21.3 Å². The summed E-state index contributed by atoms with van der Waals surface area (Å²) in [6.45, 7) is 0. The third-order valence-corrected chi connectivity index (χ3v) is 5.60. The molecular formula is C18H16Cl4N12O6. The van der Waals surface area contributed by atoms with Gasteiger partial charge in [0.15, 0.2) is 11.4 Å². The van der Waals surface area contributed by atoms with Crippen molar-refractivity contribution in [3.63, 3.8) is 0 Å². The number of nitrogen functional groups attached to an aromatic ring is 4. The second-order valence-corrected chi connectivity index (χ2v) is 8.17. The number of aromatic nitrogens is 6. The van der Waals surface area contributed by atoms with Crippen LogP contribution in [0.3, 0.4) is 0 Å². The number of hydrogen-bond donors (Lipinski definition) is 4. The van der Waals surface area contributed by atoms with Crippen LogP contribution < -0.4 is 32.9 Å². The van der Waals surface area contributed by atoms with E-state index in [-0.39, 0.29) is 23.5 Å². The van der Waals surface area contributed by atoms with Gasteiger partial charge in [-0.1, -0.05) is 80.9 Å². The number of benzene rings is 2. The van der Waals surface area contributed by atoms with Crippen LogP contribution >= 0.6 is 46.4 Å². The number of halogens is 4. The zero-order chi connectivity index (χ0) is 30.6. The molecule has 40 heavy (non-hydrogen) atoms. The summed E-state index contributed by atoms with van der Waals surface area (Å²) in [5, 5.41) is 46.2. The number of nitrogens with two attached hydrogens (primary N) is 4. The Kier molecular flexibility index (Phi) is 13.0. The second kappa shape index (κ2) is 15.6. The molecule has 0 aliphatic rings. The lowest BCUT2D eigenvalue weighted by Gasteiger charge is -2.04. The first-order valence-corrected chi connectivity index (χ1v) is 11.3. The van der Waals surface area contributed by atoms with Gasteiger partial charge in [-0.2, -0.15) is 0 Å². The molecule has 0 radical (unpaired) electrons. The van der Waals surface area contributed by atoms with Crippen LogP contribution in [0, 0.1) is 30.6 Å². The van der Waals surface area contributed by atoms with Crippen molar-refractivity contribution in [3.05, 3.63) is 87.1 Å². The van der Waals surface area contributed by atoms with Crippen LogP contribution in [0.15, 0.2) is 36.4 Å². The van der Waals surface area contributed by atoms with Gasteiger partial charge in [-0.25, -0.2) is 9.97 Å². The average Bonchev–Trinajstić information content (AvgIpc) is 2.83. The smallest absolute Gasteiger partial charge is 0.356 e. The highest BCUT2D eigenvalue weighted by atomic mass is 35.5. The van der Waals surface area contributed by atoms with E-state index in [2.05, 4.69) is 30.4 Å². The first-order valence-electron chi connectivity index (χ1n) is 9.79. The molecule has 18 nitrogen and oxygen atoms in total. The van der Waals surface area contributed by atoms with Crippen molar-refractivity contribution in [2.75, 3.05) is 22.9 Å². The fourth-order valence-electron chi connectivity index (χ4n) is 2.53. The number of rotatable bonds is 2. The third-order valence-electron chi connectivity index (χ3n) is 3.96. The van der Waals surface area contributed by atoms with Gasteiger partial charge in [0.2, 0.25) is 11.6 Å². The SMILES string of the molecule is Nc1nnc(-c2cccc(Cl)c2Cl)c(N)[nH+]1.Nc1nnc(-c2cccc(Cl)c2Cl)c(N)[nH+]1.O=[N+]([O-])[O-].O=[N+]([O-])[O-]. The molecule has 0 saturated heterocycles. The highest BCUT2D eigenvalue weighted by molar-refractivity contribution is 6.44. The van der Waals surface area contributed by atoms with Gasteiger partial charge in [-0.3, -0.25) is 0 Å². The molecular weight excluding hydrogens is 622 g/mol. The lowest BCUT2D eigenvalue weighted by molar-refractivity contribution is -0.403. The van der Waals surface area contributed by atoms with Gasteiger partial charge in [0.25, 0.3) is 0 Å². The summed E-state index contributed by atoms with van der Waals surface area (Å²) in [4.78, 5) is 21.8. The minimum atomic E-state index is -1.75. The van der Waals surface area contributed by atoms with Crippen molar-refractivity contribution >= 4 is 69.9 Å². The van der Waals surface area contributed by atoms with Crippen molar-refractivity contribution in [1.29, 1.82) is 0 Å². The standard InChI is InChI=1S/2C9H7Cl2N5.2NO3/c2*10-5-3-1-2-4(6(5)11)7-8(12)14-9(13)16-15-7;2*2-1(3)4/h2*1-3H,(H4,12,13,14,16);;/q;;2*-1/p+2. The second-order valence-electron chi connectivity index (χ2n) is 6.60. The van der Waals surface area contributed by atoms with E-state index in [4.69, 9.17) is 100.0 Å². The Bertz CT molecular complexity index is 1380. The minimum absolute atomic E-state index is 0.138. The van der Waals surface area contributed by atoms with Gasteiger partial charge in [0.1, 0.15) is 0 Å². The molecule has 4 rings (SSSR count). The lowest BCUT2D eigenvalue weighted by atomic mass is 10.1. The molecule has 2 heterocycles. The number of hydrogen-bond acceptors (Lipinski definition) is 14. The Hall–Kier alpha value is -4.78. The lowest BCUT2D eigenvalue weighted by Crippen LogP contribution is -2.20. The molecule has 0 saturated carbocycles. The van der Waals surface area contributed by atoms with Crippen LogP contribution in [0.25, 0.3) is 22.5 Å². The van der Waals surface area contributed by atoms with Crippen LogP contribution in [0.5, 0.6) is 0 Å². The summed E-state index contributed by atoms with van der Waals surface area (Å²) in [6, 6.07) is 10.4. The fraction of sp³-hybridized carbons (Fsp3) is 0. The topological polar surface area (TPSA) is 316 Å². The van der Waals surface area contributed by atoms with Gasteiger partial charge in [0.05, 0.1) is 30.3 Å². The Balaban J connectivity index is 0.000000317. The first kappa shape index (κ1) is 33.2. The van der Waals surface area contributed by atoms with Crippen molar-refractivity contribution in [2.24, 2.45) is 0 Å². The van der Waals surface area contributed by atoms with E-state index in [1.807, 2.05) is 0 Å². The summed E-state index contributed by atoms with van der Waals surface area (Å²) in [5.74, 6) is 0.854. The largest absolute Gasteiger partial charge is 0.364 e. The van der Waals surface area contributed by atoms with Crippen LogP contribution in [0.2, 0.25) is 20.1 Å². The van der Waals surface area contributed by atoms with Crippen molar-refractivity contribution < 1.29 is 20.1 Å². The number of aromatic amines is 2. The summed E-state index contributed by atoms with van der Waals surface area (Å²) in [7, 11) is 0. The summed E-state index contributed by atoms with van der Waals surface area (Å²) >= 11 is 23.9. The predicted molar refractivity (Wildman–Crippen MR) is 146 cm³/mol. The maximum absolute atomic E-state index is 8.25. The Morgan fingerprint density at radius 3 is 1.18 bits per heavy atom. The van der Waals surface area contributed by atoms with E-state index in [0.717, 1.165) is 0 Å². The Morgan fingerprint density at radius 2 is 0.900 bits per heavy atom. The van der Waals surface area contributed by atoms with E-state index in [1.165, 1.54) is 0 Å². The van der Waals surface area contributed by atoms with Crippen LogP contribution in [-0.4, -0.2) is 30.6 Å². The summed E-state index contributed by atoms with van der Waals surface area (Å²) in [6.07, 6.45) is 0. The number of nitrogens with zero attached hydrogens (tertiary/aromatic N) is 6. The number of nitrogens with one attached hydrogen (secondary N) is 2. The van der Waals surface area contributed by atoms with Crippen LogP contribution in [-0.2, 0) is 0 Å². The molecule has 212 valence electrons. The number of anilines is 4. The molecule has 0 aliphatic carbocycles. The van der Waals surface area contributed by atoms with Gasteiger partial charge >= 0.3 is 11.9 Å². The molecule has 10 N–H and O–H groups in total. The van der Waals surface area contributed by atoms with E-state index >= 15 is 0 Å². The van der Waals surface area contributed by atoms with E-state index in [0.29, 0.717) is 42.6 Å². The highest BCUT2D eigenvalue weighted by Crippen LogP contribution is 2.34. The zero-order valence-electron chi connectivity index (χ0n) is 19.4. The predicted octanol–water partition coefficient (Wildman–Crippen LogP) is 2.38. The normalized spacial score (nSPS) is 9.50. The van der Waals surface area contributed by atoms with Crippen LogP contribution in [0.1, 0.15) is 0 Å². The van der Waals surface area contributed by atoms with Crippen LogP contribution in [0.4, 0.5) is 23.5 Å². The average molecular weight is 638 g/mol. The maximum atomic E-state index is 8.25. The molecule has 0 amide bonds. The minimum Gasteiger partial charge on any atom is -0.356 e. The Morgan fingerprint density at radius 1 is 0.600 bits per heavy atom. The van der Waals surface area contributed by atoms with Gasteiger partial charge < -0.3 is 53.6 Å². The van der Waals surface area contributed by atoms with E-state index in [1.54, 1.807) is 36.4 Å². The molecule has 0 unspecified atom stereocenters. The zero-order valence-corrected chi connectivity index (χ0v) is 22.4. The molecule has 0 fully saturated rings. The number of H-pyrrole nitrogens is 2. The molecule has 0 atom stereocenters. The first-order chi connectivity index (χ1) is 18.6. The maximum Gasteiger partial charge on any atom is 0.364 e. The highest BCUT2D eigenvalue weighted by Gasteiger charge is 2.16. The fourth-order valence-corrected chi connectivity index (χ4v) is 3.31. The van der Waals surface area contributed by atoms with Crippen molar-refractivity contribution in [1.82, 2.24) is 20.4 Å². The molecule has 0 aliphatic heterocycles.